The quantitative estimate of drug-likeness (QED) is 0.651. The van der Waals surface area contributed by atoms with Gasteiger partial charge in [-0.25, -0.2) is 4.98 Å². The maximum atomic E-state index is 11.6. The second kappa shape index (κ2) is 4.52. The van der Waals surface area contributed by atoms with Crippen LogP contribution >= 0.6 is 11.6 Å². The normalized spacial score (nSPS) is 10.8. The van der Waals surface area contributed by atoms with E-state index in [1.807, 2.05) is 18.2 Å². The second-order valence-electron chi connectivity index (χ2n) is 4.24. The molecule has 0 radical (unpaired) electrons. The Kier molecular flexibility index (Phi) is 2.84. The van der Waals surface area contributed by atoms with E-state index in [1.165, 1.54) is 6.92 Å². The van der Waals surface area contributed by atoms with Crippen LogP contribution in [0.15, 0.2) is 46.9 Å². The van der Waals surface area contributed by atoms with E-state index >= 15 is 0 Å². The van der Waals surface area contributed by atoms with Crippen LogP contribution in [0.25, 0.3) is 22.6 Å². The molecule has 3 aromatic rings. The Hall–Kier alpha value is -2.13. The minimum absolute atomic E-state index is 0.0422. The summed E-state index contributed by atoms with van der Waals surface area (Å²) < 4.78 is 5.71. The van der Waals surface area contributed by atoms with Gasteiger partial charge in [0.1, 0.15) is 5.52 Å². The summed E-state index contributed by atoms with van der Waals surface area (Å²) in [6.45, 7) is 1.51. The van der Waals surface area contributed by atoms with Crippen LogP contribution in [0.5, 0.6) is 0 Å². The van der Waals surface area contributed by atoms with Crippen molar-refractivity contribution in [3.63, 3.8) is 0 Å². The van der Waals surface area contributed by atoms with Gasteiger partial charge in [0.25, 0.3) is 0 Å². The summed E-state index contributed by atoms with van der Waals surface area (Å²) in [5.41, 5.74) is 2.52. The number of para-hydroxylation sites is 1. The van der Waals surface area contributed by atoms with Crippen molar-refractivity contribution in [2.45, 2.75) is 6.92 Å². The highest BCUT2D eigenvalue weighted by molar-refractivity contribution is 6.30. The zero-order valence-corrected chi connectivity index (χ0v) is 10.9. The van der Waals surface area contributed by atoms with Gasteiger partial charge < -0.3 is 4.42 Å². The Morgan fingerprint density at radius 1 is 1.21 bits per heavy atom. The maximum absolute atomic E-state index is 11.6. The largest absolute Gasteiger partial charge is 0.435 e. The molecule has 0 aliphatic heterocycles. The predicted octanol–water partition coefficient (Wildman–Crippen LogP) is 4.35. The molecule has 0 aliphatic carbocycles. The lowest BCUT2D eigenvalue weighted by molar-refractivity contribution is 0.101. The lowest BCUT2D eigenvalue weighted by atomic mass is 10.1. The first-order chi connectivity index (χ1) is 9.15. The van der Waals surface area contributed by atoms with Gasteiger partial charge in [0, 0.05) is 10.6 Å². The van der Waals surface area contributed by atoms with Gasteiger partial charge in [-0.3, -0.25) is 4.79 Å². The third-order valence-electron chi connectivity index (χ3n) is 2.87. The molecule has 0 amide bonds. The van der Waals surface area contributed by atoms with E-state index in [0.29, 0.717) is 27.6 Å². The summed E-state index contributed by atoms with van der Waals surface area (Å²) >= 11 is 5.95. The van der Waals surface area contributed by atoms with E-state index in [0.717, 1.165) is 5.56 Å². The molecular weight excluding hydrogens is 262 g/mol. The molecule has 0 atom stereocenters. The Bertz CT molecular complexity index is 777. The average Bonchev–Trinajstić information content (AvgIpc) is 2.82. The average molecular weight is 272 g/mol. The van der Waals surface area contributed by atoms with Gasteiger partial charge in [0.05, 0.1) is 5.56 Å². The van der Waals surface area contributed by atoms with Crippen molar-refractivity contribution < 1.29 is 9.21 Å². The number of oxazole rings is 1. The van der Waals surface area contributed by atoms with Crippen molar-refractivity contribution in [3.05, 3.63) is 53.1 Å². The van der Waals surface area contributed by atoms with Crippen LogP contribution in [0, 0.1) is 0 Å². The molecule has 1 heterocycles. The highest BCUT2D eigenvalue weighted by Crippen LogP contribution is 2.28. The summed E-state index contributed by atoms with van der Waals surface area (Å²) in [7, 11) is 0. The van der Waals surface area contributed by atoms with E-state index in [2.05, 4.69) is 4.98 Å². The van der Waals surface area contributed by atoms with Gasteiger partial charge in [0.2, 0.25) is 5.89 Å². The van der Waals surface area contributed by atoms with Crippen LogP contribution < -0.4 is 0 Å². The van der Waals surface area contributed by atoms with Gasteiger partial charge in [0.15, 0.2) is 11.4 Å². The van der Waals surface area contributed by atoms with E-state index in [1.54, 1.807) is 24.3 Å². The Morgan fingerprint density at radius 3 is 2.74 bits per heavy atom. The van der Waals surface area contributed by atoms with Crippen molar-refractivity contribution in [2.75, 3.05) is 0 Å². The first kappa shape index (κ1) is 11.9. The predicted molar refractivity (Wildman–Crippen MR) is 74.5 cm³/mol. The molecule has 0 fully saturated rings. The molecule has 19 heavy (non-hydrogen) atoms. The zero-order chi connectivity index (χ0) is 13.4. The first-order valence-electron chi connectivity index (χ1n) is 5.81. The molecule has 3 nitrogen and oxygen atoms in total. The van der Waals surface area contributed by atoms with Gasteiger partial charge >= 0.3 is 0 Å². The molecule has 0 spiro atoms. The smallest absolute Gasteiger partial charge is 0.227 e. The number of carbonyl (C=O) groups is 1. The number of Topliss-reactive ketones (excluding diaryl/α,β-unsaturated/α-hetero) is 1. The number of rotatable bonds is 2. The van der Waals surface area contributed by atoms with Crippen LogP contribution in [0.1, 0.15) is 17.3 Å². The second-order valence-corrected chi connectivity index (χ2v) is 4.68. The molecule has 94 valence electrons. The Labute approximate surface area is 114 Å². The molecule has 0 N–H and O–H groups in total. The summed E-state index contributed by atoms with van der Waals surface area (Å²) in [5, 5.41) is 0.617. The molecule has 0 aliphatic rings. The Morgan fingerprint density at radius 2 is 2.00 bits per heavy atom. The minimum Gasteiger partial charge on any atom is -0.435 e. The first-order valence-corrected chi connectivity index (χ1v) is 6.19. The highest BCUT2D eigenvalue weighted by atomic mass is 35.5. The summed E-state index contributed by atoms with van der Waals surface area (Å²) in [6.07, 6.45) is 0. The molecule has 0 bridgehead atoms. The van der Waals surface area contributed by atoms with Crippen LogP contribution in [0.2, 0.25) is 5.02 Å². The van der Waals surface area contributed by atoms with Crippen molar-refractivity contribution in [1.29, 1.82) is 0 Å². The number of halogens is 1. The third kappa shape index (κ3) is 2.13. The van der Waals surface area contributed by atoms with Crippen molar-refractivity contribution in [3.8, 4) is 11.5 Å². The lowest BCUT2D eigenvalue weighted by Gasteiger charge is -1.96. The van der Waals surface area contributed by atoms with Crippen molar-refractivity contribution in [1.82, 2.24) is 4.98 Å². The standard InChI is InChI=1S/C15H10ClNO2/c1-9(18)12-6-3-7-13-14(12)19-15(17-13)10-4-2-5-11(16)8-10/h2-8H,1H3. The van der Waals surface area contributed by atoms with E-state index in [9.17, 15) is 4.79 Å². The van der Waals surface area contributed by atoms with Crippen LogP contribution in [0.3, 0.4) is 0 Å². The maximum Gasteiger partial charge on any atom is 0.227 e. The molecular formula is C15H10ClNO2. The number of carbonyl (C=O) groups excluding carboxylic acids is 1. The number of hydrogen-bond acceptors (Lipinski definition) is 3. The third-order valence-corrected chi connectivity index (χ3v) is 3.10. The summed E-state index contributed by atoms with van der Waals surface area (Å²) in [5.74, 6) is 0.422. The summed E-state index contributed by atoms with van der Waals surface area (Å²) in [4.78, 5) is 15.9. The minimum atomic E-state index is -0.0422. The van der Waals surface area contributed by atoms with Gasteiger partial charge in [-0.15, -0.1) is 0 Å². The van der Waals surface area contributed by atoms with Crippen molar-refractivity contribution >= 4 is 28.5 Å². The molecule has 3 rings (SSSR count). The molecule has 0 saturated heterocycles. The fourth-order valence-corrected chi connectivity index (χ4v) is 2.16. The number of benzene rings is 2. The molecule has 2 aromatic carbocycles. The SMILES string of the molecule is CC(=O)c1cccc2nc(-c3cccc(Cl)c3)oc12. The van der Waals surface area contributed by atoms with Crippen LogP contribution in [0.4, 0.5) is 0 Å². The highest BCUT2D eigenvalue weighted by Gasteiger charge is 2.13. The van der Waals surface area contributed by atoms with Crippen LogP contribution in [-0.4, -0.2) is 10.8 Å². The van der Waals surface area contributed by atoms with Gasteiger partial charge in [-0.1, -0.05) is 23.7 Å². The van der Waals surface area contributed by atoms with Gasteiger partial charge in [-0.05, 0) is 37.3 Å². The van der Waals surface area contributed by atoms with E-state index < -0.39 is 0 Å². The number of aromatic nitrogens is 1. The van der Waals surface area contributed by atoms with Crippen molar-refractivity contribution in [2.24, 2.45) is 0 Å². The number of nitrogens with zero attached hydrogens (tertiary/aromatic N) is 1. The fourth-order valence-electron chi connectivity index (χ4n) is 1.97. The Balaban J connectivity index is 2.22. The number of hydrogen-bond donors (Lipinski definition) is 0. The van der Waals surface area contributed by atoms with Gasteiger partial charge in [-0.2, -0.15) is 0 Å². The molecule has 0 saturated carbocycles. The molecule has 0 unspecified atom stereocenters. The topological polar surface area (TPSA) is 43.1 Å². The van der Waals surface area contributed by atoms with E-state index in [4.69, 9.17) is 16.0 Å². The lowest BCUT2D eigenvalue weighted by Crippen LogP contribution is -1.91. The number of fused-ring (bicyclic) bond motifs is 1. The summed E-state index contributed by atoms with van der Waals surface area (Å²) in [6, 6.07) is 12.6. The fraction of sp³-hybridized carbons (Fsp3) is 0.0667. The van der Waals surface area contributed by atoms with E-state index in [-0.39, 0.29) is 5.78 Å². The molecule has 1 aromatic heterocycles. The monoisotopic (exact) mass is 271 g/mol. The molecule has 4 heteroatoms. The number of ketones is 1. The van der Waals surface area contributed by atoms with Crippen LogP contribution in [-0.2, 0) is 0 Å². The zero-order valence-electron chi connectivity index (χ0n) is 10.2.